The first-order valence-electron chi connectivity index (χ1n) is 7.20. The van der Waals surface area contributed by atoms with Crippen molar-refractivity contribution >= 4 is 24.3 Å². The minimum Gasteiger partial charge on any atom is -0.469 e. The molecule has 0 spiro atoms. The van der Waals surface area contributed by atoms with Crippen LogP contribution in [0.15, 0.2) is 30.3 Å². The molecular formula is C16H25ClN2O3. The minimum absolute atomic E-state index is 0. The highest BCUT2D eigenvalue weighted by molar-refractivity contribution is 5.85. The average molecular weight is 329 g/mol. The van der Waals surface area contributed by atoms with Gasteiger partial charge in [0.2, 0.25) is 5.91 Å². The van der Waals surface area contributed by atoms with Gasteiger partial charge in [-0.1, -0.05) is 43.7 Å². The topological polar surface area (TPSA) is 81.4 Å². The summed E-state index contributed by atoms with van der Waals surface area (Å²) in [6.07, 6.45) is 1.44. The maximum Gasteiger partial charge on any atom is 0.310 e. The number of hydrogen-bond acceptors (Lipinski definition) is 4. The second-order valence-corrected chi connectivity index (χ2v) is 5.10. The first-order chi connectivity index (χ1) is 10.0. The number of nitrogens with one attached hydrogen (secondary N) is 1. The maximum absolute atomic E-state index is 12.1. The van der Waals surface area contributed by atoms with Crippen molar-refractivity contribution in [1.82, 2.24) is 5.32 Å². The molecule has 0 radical (unpaired) electrons. The molecule has 124 valence electrons. The number of esters is 1. The van der Waals surface area contributed by atoms with Crippen molar-refractivity contribution in [3.05, 3.63) is 35.9 Å². The van der Waals surface area contributed by atoms with Crippen LogP contribution >= 0.6 is 12.4 Å². The predicted octanol–water partition coefficient (Wildman–Crippen LogP) is 2.20. The summed E-state index contributed by atoms with van der Waals surface area (Å²) >= 11 is 0. The molecule has 3 N–H and O–H groups in total. The Hall–Kier alpha value is -1.59. The molecule has 6 heteroatoms. The van der Waals surface area contributed by atoms with E-state index in [2.05, 4.69) is 5.32 Å². The van der Waals surface area contributed by atoms with Gasteiger partial charge in [0.25, 0.3) is 0 Å². The van der Waals surface area contributed by atoms with Crippen LogP contribution in [0.5, 0.6) is 0 Å². The lowest BCUT2D eigenvalue weighted by atomic mass is 9.94. The van der Waals surface area contributed by atoms with Crippen LogP contribution < -0.4 is 11.1 Å². The van der Waals surface area contributed by atoms with Gasteiger partial charge in [0.1, 0.15) is 0 Å². The SMILES string of the molecule is CCCC(N)C(=O)NC(c1ccccc1)C(C)C(=O)OC.Cl. The second-order valence-electron chi connectivity index (χ2n) is 5.10. The molecule has 22 heavy (non-hydrogen) atoms. The van der Waals surface area contributed by atoms with Crippen LogP contribution in [0.4, 0.5) is 0 Å². The Labute approximate surface area is 138 Å². The molecule has 0 fully saturated rings. The molecule has 0 bridgehead atoms. The van der Waals surface area contributed by atoms with Crippen molar-refractivity contribution in [3.8, 4) is 0 Å². The van der Waals surface area contributed by atoms with E-state index in [0.717, 1.165) is 12.0 Å². The van der Waals surface area contributed by atoms with Crippen LogP contribution in [-0.2, 0) is 14.3 Å². The highest BCUT2D eigenvalue weighted by Gasteiger charge is 2.28. The Bertz CT molecular complexity index is 468. The van der Waals surface area contributed by atoms with E-state index in [1.165, 1.54) is 7.11 Å². The van der Waals surface area contributed by atoms with Crippen molar-refractivity contribution in [3.63, 3.8) is 0 Å². The Kier molecular flexibility index (Phi) is 9.45. The van der Waals surface area contributed by atoms with E-state index >= 15 is 0 Å². The number of rotatable bonds is 7. The molecule has 1 amide bonds. The van der Waals surface area contributed by atoms with Crippen LogP contribution in [0.2, 0.25) is 0 Å². The highest BCUT2D eigenvalue weighted by atomic mass is 35.5. The molecule has 1 aromatic carbocycles. The van der Waals surface area contributed by atoms with Crippen LogP contribution in [0.25, 0.3) is 0 Å². The number of methoxy groups -OCH3 is 1. The number of halogens is 1. The van der Waals surface area contributed by atoms with E-state index in [4.69, 9.17) is 10.5 Å². The highest BCUT2D eigenvalue weighted by Crippen LogP contribution is 2.23. The van der Waals surface area contributed by atoms with Gasteiger partial charge in [0, 0.05) is 0 Å². The molecule has 0 aliphatic heterocycles. The number of carbonyl (C=O) groups excluding carboxylic acids is 2. The zero-order valence-electron chi connectivity index (χ0n) is 13.2. The Morgan fingerprint density at radius 2 is 1.86 bits per heavy atom. The normalized spacial score (nSPS) is 14.2. The number of carbonyl (C=O) groups is 2. The van der Waals surface area contributed by atoms with Gasteiger partial charge < -0.3 is 15.8 Å². The van der Waals surface area contributed by atoms with Gasteiger partial charge in [-0.05, 0) is 18.9 Å². The standard InChI is InChI=1S/C16H24N2O3.ClH/c1-4-8-13(17)15(19)18-14(11(2)16(20)21-3)12-9-6-5-7-10-12;/h5-7,9-11,13-14H,4,8,17H2,1-3H3,(H,18,19);1H. The predicted molar refractivity (Wildman–Crippen MR) is 88.6 cm³/mol. The lowest BCUT2D eigenvalue weighted by molar-refractivity contribution is -0.146. The first kappa shape index (κ1) is 20.4. The van der Waals surface area contributed by atoms with Crippen LogP contribution in [0.1, 0.15) is 38.3 Å². The monoisotopic (exact) mass is 328 g/mol. The van der Waals surface area contributed by atoms with E-state index in [0.29, 0.717) is 6.42 Å². The fourth-order valence-corrected chi connectivity index (χ4v) is 2.18. The molecule has 5 nitrogen and oxygen atoms in total. The molecule has 0 aromatic heterocycles. The molecule has 0 saturated heterocycles. The lowest BCUT2D eigenvalue weighted by Gasteiger charge is -2.25. The largest absolute Gasteiger partial charge is 0.469 e. The van der Waals surface area contributed by atoms with Crippen molar-refractivity contribution in [2.24, 2.45) is 11.7 Å². The van der Waals surface area contributed by atoms with Crippen molar-refractivity contribution < 1.29 is 14.3 Å². The van der Waals surface area contributed by atoms with E-state index < -0.39 is 18.0 Å². The summed E-state index contributed by atoms with van der Waals surface area (Å²) in [5.41, 5.74) is 6.69. The minimum atomic E-state index is -0.564. The van der Waals surface area contributed by atoms with Gasteiger partial charge in [-0.3, -0.25) is 9.59 Å². The molecule has 1 aromatic rings. The van der Waals surface area contributed by atoms with E-state index in [-0.39, 0.29) is 24.3 Å². The first-order valence-corrected chi connectivity index (χ1v) is 7.20. The third-order valence-corrected chi connectivity index (χ3v) is 3.47. The maximum atomic E-state index is 12.1. The molecule has 1 rings (SSSR count). The quantitative estimate of drug-likeness (QED) is 0.752. The van der Waals surface area contributed by atoms with Crippen molar-refractivity contribution in [2.75, 3.05) is 7.11 Å². The summed E-state index contributed by atoms with van der Waals surface area (Å²) in [4.78, 5) is 23.9. The average Bonchev–Trinajstić information content (AvgIpc) is 2.51. The smallest absolute Gasteiger partial charge is 0.310 e. The summed E-state index contributed by atoms with van der Waals surface area (Å²) in [6.45, 7) is 3.70. The molecule has 3 unspecified atom stereocenters. The van der Waals surface area contributed by atoms with Gasteiger partial charge in [-0.25, -0.2) is 0 Å². The van der Waals surface area contributed by atoms with Crippen molar-refractivity contribution in [1.29, 1.82) is 0 Å². The van der Waals surface area contributed by atoms with Gasteiger partial charge in [-0.15, -0.1) is 12.4 Å². The molecule has 0 aliphatic rings. The number of benzene rings is 1. The van der Waals surface area contributed by atoms with Gasteiger partial charge >= 0.3 is 5.97 Å². The molecular weight excluding hydrogens is 304 g/mol. The van der Waals surface area contributed by atoms with Gasteiger partial charge in [0.15, 0.2) is 0 Å². The Balaban J connectivity index is 0.00000441. The van der Waals surface area contributed by atoms with Gasteiger partial charge in [0.05, 0.1) is 25.1 Å². The number of ether oxygens (including phenoxy) is 1. The zero-order chi connectivity index (χ0) is 15.8. The number of hydrogen-bond donors (Lipinski definition) is 2. The Morgan fingerprint density at radius 3 is 2.36 bits per heavy atom. The lowest BCUT2D eigenvalue weighted by Crippen LogP contribution is -2.44. The summed E-state index contributed by atoms with van der Waals surface area (Å²) in [5.74, 6) is -1.11. The van der Waals surface area contributed by atoms with Crippen LogP contribution in [0.3, 0.4) is 0 Å². The molecule has 0 aliphatic carbocycles. The van der Waals surface area contributed by atoms with Gasteiger partial charge in [-0.2, -0.15) is 0 Å². The van der Waals surface area contributed by atoms with Crippen LogP contribution in [0, 0.1) is 5.92 Å². The third-order valence-electron chi connectivity index (χ3n) is 3.47. The van der Waals surface area contributed by atoms with E-state index in [1.807, 2.05) is 37.3 Å². The second kappa shape index (κ2) is 10.2. The number of amides is 1. The zero-order valence-corrected chi connectivity index (χ0v) is 14.1. The van der Waals surface area contributed by atoms with Crippen LogP contribution in [-0.4, -0.2) is 25.0 Å². The van der Waals surface area contributed by atoms with Crippen molar-refractivity contribution in [2.45, 2.75) is 38.8 Å². The fourth-order valence-electron chi connectivity index (χ4n) is 2.18. The number of nitrogens with two attached hydrogens (primary N) is 1. The summed E-state index contributed by atoms with van der Waals surface area (Å²) in [6, 6.07) is 8.34. The fraction of sp³-hybridized carbons (Fsp3) is 0.500. The molecule has 3 atom stereocenters. The summed E-state index contributed by atoms with van der Waals surface area (Å²) in [5, 5.41) is 2.87. The van der Waals surface area contributed by atoms with E-state index in [9.17, 15) is 9.59 Å². The molecule has 0 saturated carbocycles. The third kappa shape index (κ3) is 5.66. The summed E-state index contributed by atoms with van der Waals surface area (Å²) < 4.78 is 4.78. The van der Waals surface area contributed by atoms with E-state index in [1.54, 1.807) is 6.92 Å². The molecule has 0 heterocycles. The summed E-state index contributed by atoms with van der Waals surface area (Å²) in [7, 11) is 1.34. The Morgan fingerprint density at radius 1 is 1.27 bits per heavy atom.